The number of unbranched alkanes of at least 4 members (excludes halogenated alkanes) is 54. The van der Waals surface area contributed by atoms with Crippen LogP contribution >= 0.6 is 0 Å². The van der Waals surface area contributed by atoms with E-state index in [0.29, 0.717) is 25.9 Å². The Morgan fingerprint density at radius 3 is 0.922 bits per heavy atom. The predicted octanol–water partition coefficient (Wildman–Crippen LogP) is 22.8. The summed E-state index contributed by atoms with van der Waals surface area (Å²) < 4.78 is 5.51. The fourth-order valence-corrected chi connectivity index (χ4v) is 11.4. The number of amides is 1. The van der Waals surface area contributed by atoms with Gasteiger partial charge in [0, 0.05) is 12.8 Å². The SMILES string of the molecule is CCCCCCCCCCCCCCCCCCCCCC(O)C(CO)NC(=O)CCCCCCCCC/C=C\CCCCCCCCCCCCCCOC(=O)CCCCCCCCCCCCCCCCCCCC. The summed E-state index contributed by atoms with van der Waals surface area (Å²) in [6.45, 7) is 5.00. The monoisotopic (exact) mass is 1090 g/mol. The van der Waals surface area contributed by atoms with Gasteiger partial charge in [-0.25, -0.2) is 0 Å². The molecule has 0 aliphatic carbocycles. The van der Waals surface area contributed by atoms with Gasteiger partial charge in [-0.15, -0.1) is 0 Å². The molecule has 0 aromatic rings. The lowest BCUT2D eigenvalue weighted by molar-refractivity contribution is -0.143. The molecule has 0 heterocycles. The lowest BCUT2D eigenvalue weighted by Gasteiger charge is -2.22. The largest absolute Gasteiger partial charge is 0.466 e. The average Bonchev–Trinajstić information content (AvgIpc) is 3.43. The number of allylic oxidation sites excluding steroid dienone is 2. The van der Waals surface area contributed by atoms with E-state index in [1.165, 1.54) is 334 Å². The summed E-state index contributed by atoms with van der Waals surface area (Å²) in [5, 5.41) is 23.4. The third-order valence-electron chi connectivity index (χ3n) is 16.8. The Labute approximate surface area is 482 Å². The van der Waals surface area contributed by atoms with E-state index in [9.17, 15) is 19.8 Å². The number of hydrogen-bond donors (Lipinski definition) is 3. The highest BCUT2D eigenvalue weighted by atomic mass is 16.5. The maximum absolute atomic E-state index is 12.5. The second kappa shape index (κ2) is 67.1. The topological polar surface area (TPSA) is 95.9 Å². The van der Waals surface area contributed by atoms with Gasteiger partial charge in [-0.2, -0.15) is 0 Å². The summed E-state index contributed by atoms with van der Waals surface area (Å²) in [6.07, 6.45) is 82.5. The van der Waals surface area contributed by atoms with Crippen LogP contribution in [0.1, 0.15) is 406 Å². The second-order valence-electron chi connectivity index (χ2n) is 24.6. The number of nitrogens with one attached hydrogen (secondary N) is 1. The zero-order valence-electron chi connectivity index (χ0n) is 52.5. The Bertz CT molecular complexity index is 1160. The van der Waals surface area contributed by atoms with Gasteiger partial charge in [-0.1, -0.05) is 353 Å². The van der Waals surface area contributed by atoms with Crippen molar-refractivity contribution in [2.24, 2.45) is 0 Å². The van der Waals surface area contributed by atoms with Crippen molar-refractivity contribution in [3.05, 3.63) is 12.2 Å². The molecule has 0 saturated carbocycles. The summed E-state index contributed by atoms with van der Waals surface area (Å²) in [5.41, 5.74) is 0. The van der Waals surface area contributed by atoms with Gasteiger partial charge >= 0.3 is 5.97 Å². The molecule has 0 fully saturated rings. The Balaban J connectivity index is 3.38. The maximum Gasteiger partial charge on any atom is 0.305 e. The number of carbonyl (C=O) groups excluding carboxylic acids is 2. The van der Waals surface area contributed by atoms with Crippen molar-refractivity contribution < 1.29 is 24.5 Å². The van der Waals surface area contributed by atoms with Crippen molar-refractivity contribution in [2.45, 2.75) is 418 Å². The van der Waals surface area contributed by atoms with Crippen molar-refractivity contribution in [1.29, 1.82) is 0 Å². The molecule has 2 unspecified atom stereocenters. The van der Waals surface area contributed by atoms with E-state index in [1.54, 1.807) is 0 Å². The Kier molecular flexibility index (Phi) is 65.9. The molecule has 0 aliphatic heterocycles. The summed E-state index contributed by atoms with van der Waals surface area (Å²) in [6, 6.07) is -0.546. The summed E-state index contributed by atoms with van der Waals surface area (Å²) in [4.78, 5) is 24.6. The van der Waals surface area contributed by atoms with Gasteiger partial charge in [-0.3, -0.25) is 9.59 Å². The second-order valence-corrected chi connectivity index (χ2v) is 24.6. The van der Waals surface area contributed by atoms with Gasteiger partial charge in [0.1, 0.15) is 0 Å². The summed E-state index contributed by atoms with van der Waals surface area (Å²) in [5.74, 6) is -0.0198. The summed E-state index contributed by atoms with van der Waals surface area (Å²) >= 11 is 0. The van der Waals surface area contributed by atoms with Crippen LogP contribution in [0.4, 0.5) is 0 Å². The van der Waals surface area contributed by atoms with Crippen LogP contribution in [0.2, 0.25) is 0 Å². The standard InChI is InChI=1S/C71H139NO5/c1-3-5-7-9-11-13-15-17-19-21-28-31-35-39-43-47-51-55-59-63-69(74)68(67-73)72-70(75)64-60-56-52-48-44-40-36-32-29-26-24-23-25-27-30-34-38-42-46-50-54-58-62-66-77-71(76)65-61-57-53-49-45-41-37-33-22-20-18-16-14-12-10-8-6-4-2/h26,29,68-69,73-74H,3-25,27-28,30-67H2,1-2H3,(H,72,75)/b29-26-. The smallest absolute Gasteiger partial charge is 0.305 e. The molecule has 0 radical (unpaired) electrons. The van der Waals surface area contributed by atoms with Crippen molar-refractivity contribution >= 4 is 11.9 Å². The molecule has 6 heteroatoms. The van der Waals surface area contributed by atoms with Crippen molar-refractivity contribution in [2.75, 3.05) is 13.2 Å². The zero-order chi connectivity index (χ0) is 55.7. The minimum absolute atomic E-state index is 0.0171. The van der Waals surface area contributed by atoms with Gasteiger partial charge in [0.05, 0.1) is 25.4 Å². The first-order valence-corrected chi connectivity index (χ1v) is 35.4. The molecule has 0 aliphatic rings. The van der Waals surface area contributed by atoms with E-state index >= 15 is 0 Å². The Morgan fingerprint density at radius 2 is 0.610 bits per heavy atom. The molecule has 2 atom stereocenters. The highest BCUT2D eigenvalue weighted by molar-refractivity contribution is 5.76. The lowest BCUT2D eigenvalue weighted by atomic mass is 10.0. The van der Waals surface area contributed by atoms with Crippen molar-refractivity contribution in [1.82, 2.24) is 5.32 Å². The van der Waals surface area contributed by atoms with Crippen LogP contribution in [-0.4, -0.2) is 47.4 Å². The first-order chi connectivity index (χ1) is 38.0. The van der Waals surface area contributed by atoms with E-state index < -0.39 is 12.1 Å². The predicted molar refractivity (Wildman–Crippen MR) is 338 cm³/mol. The van der Waals surface area contributed by atoms with Gasteiger partial charge in [0.25, 0.3) is 0 Å². The molecule has 458 valence electrons. The number of aliphatic hydroxyl groups excluding tert-OH is 2. The first-order valence-electron chi connectivity index (χ1n) is 35.4. The fourth-order valence-electron chi connectivity index (χ4n) is 11.4. The number of rotatable bonds is 67. The number of aliphatic hydroxyl groups is 2. The fraction of sp³-hybridized carbons (Fsp3) is 0.944. The molecule has 0 aromatic heterocycles. The van der Waals surface area contributed by atoms with Crippen LogP contribution in [0, 0.1) is 0 Å². The van der Waals surface area contributed by atoms with Gasteiger partial charge in [0.2, 0.25) is 5.91 Å². The quantitative estimate of drug-likeness (QED) is 0.0320. The molecule has 6 nitrogen and oxygen atoms in total. The molecule has 0 aromatic carbocycles. The Morgan fingerprint density at radius 1 is 0.351 bits per heavy atom. The maximum atomic E-state index is 12.5. The van der Waals surface area contributed by atoms with E-state index in [1.807, 2.05) is 0 Å². The third kappa shape index (κ3) is 63.6. The first kappa shape index (κ1) is 75.6. The number of ether oxygens (including phenoxy) is 1. The van der Waals surface area contributed by atoms with Crippen molar-refractivity contribution in [3.63, 3.8) is 0 Å². The summed E-state index contributed by atoms with van der Waals surface area (Å²) in [7, 11) is 0. The van der Waals surface area contributed by atoms with Crippen molar-refractivity contribution in [3.8, 4) is 0 Å². The Hall–Kier alpha value is -1.40. The van der Waals surface area contributed by atoms with Crippen LogP contribution in [-0.2, 0) is 14.3 Å². The van der Waals surface area contributed by atoms with E-state index in [4.69, 9.17) is 4.74 Å². The van der Waals surface area contributed by atoms with E-state index in [0.717, 1.165) is 38.5 Å². The van der Waals surface area contributed by atoms with Crippen LogP contribution in [0.5, 0.6) is 0 Å². The van der Waals surface area contributed by atoms with Gasteiger partial charge < -0.3 is 20.3 Å². The van der Waals surface area contributed by atoms with Gasteiger partial charge in [-0.05, 0) is 51.4 Å². The number of esters is 1. The molecule has 0 saturated heterocycles. The molecule has 0 bridgehead atoms. The minimum Gasteiger partial charge on any atom is -0.466 e. The van der Waals surface area contributed by atoms with E-state index in [-0.39, 0.29) is 18.5 Å². The van der Waals surface area contributed by atoms with Gasteiger partial charge in [0.15, 0.2) is 0 Å². The molecule has 1 amide bonds. The van der Waals surface area contributed by atoms with E-state index in [2.05, 4.69) is 31.3 Å². The zero-order valence-corrected chi connectivity index (χ0v) is 52.5. The lowest BCUT2D eigenvalue weighted by Crippen LogP contribution is -2.45. The molecule has 77 heavy (non-hydrogen) atoms. The number of carbonyl (C=O) groups is 2. The normalized spacial score (nSPS) is 12.5. The highest BCUT2D eigenvalue weighted by Crippen LogP contribution is 2.19. The van der Waals surface area contributed by atoms with Crippen LogP contribution in [0.25, 0.3) is 0 Å². The van der Waals surface area contributed by atoms with Crippen LogP contribution < -0.4 is 5.32 Å². The average molecular weight is 1090 g/mol. The molecular weight excluding hydrogens is 947 g/mol. The minimum atomic E-state index is -0.668. The third-order valence-corrected chi connectivity index (χ3v) is 16.8. The van der Waals surface area contributed by atoms with Crippen LogP contribution in [0.15, 0.2) is 12.2 Å². The van der Waals surface area contributed by atoms with Crippen LogP contribution in [0.3, 0.4) is 0 Å². The number of hydrogen-bond acceptors (Lipinski definition) is 5. The molecule has 0 spiro atoms. The molecule has 3 N–H and O–H groups in total. The highest BCUT2D eigenvalue weighted by Gasteiger charge is 2.20. The molecular formula is C71H139NO5. The molecule has 0 rings (SSSR count).